The number of nitrogens with one attached hydrogen (secondary N) is 1. The van der Waals surface area contributed by atoms with E-state index in [1.165, 1.54) is 6.20 Å². The number of methoxy groups -OCH3 is 2. The van der Waals surface area contributed by atoms with E-state index < -0.39 is 11.3 Å². The van der Waals surface area contributed by atoms with Gasteiger partial charge in [-0.25, -0.2) is 9.97 Å². The van der Waals surface area contributed by atoms with E-state index in [0.29, 0.717) is 39.8 Å². The highest BCUT2D eigenvalue weighted by molar-refractivity contribution is 7.80. The van der Waals surface area contributed by atoms with Crippen LogP contribution in [0.4, 0.5) is 5.69 Å². The number of nitrogens with zero attached hydrogens (tertiary/aromatic N) is 2. The van der Waals surface area contributed by atoms with E-state index in [4.69, 9.17) is 14.2 Å². The molecule has 0 radical (unpaired) electrons. The quantitative estimate of drug-likeness (QED) is 0.674. The number of anilines is 1. The van der Waals surface area contributed by atoms with Crippen molar-refractivity contribution in [1.29, 1.82) is 0 Å². The Hall–Kier alpha value is -2.91. The summed E-state index contributed by atoms with van der Waals surface area (Å²) in [6.45, 7) is 0. The largest absolute Gasteiger partial charge is 0.755 e. The fourth-order valence-electron chi connectivity index (χ4n) is 2.18. The maximum atomic E-state index is 10.6. The second-order valence-corrected chi connectivity index (χ2v) is 5.54. The smallest absolute Gasteiger partial charge is 0.238 e. The fourth-order valence-corrected chi connectivity index (χ4v) is 2.51. The lowest BCUT2D eigenvalue weighted by molar-refractivity contribution is 0.355. The first-order valence-corrected chi connectivity index (χ1v) is 8.19. The Morgan fingerprint density at radius 2 is 1.68 bits per heavy atom. The van der Waals surface area contributed by atoms with Gasteiger partial charge in [0.2, 0.25) is 5.88 Å². The van der Waals surface area contributed by atoms with Crippen LogP contribution in [0.1, 0.15) is 0 Å². The maximum Gasteiger partial charge on any atom is 0.238 e. The van der Waals surface area contributed by atoms with Crippen molar-refractivity contribution >= 4 is 28.0 Å². The normalized spacial score (nSPS) is 11.8. The summed E-state index contributed by atoms with van der Waals surface area (Å²) in [5.41, 5.74) is 1.67. The molecule has 0 fully saturated rings. The third-order valence-corrected chi connectivity index (χ3v) is 3.71. The predicted molar refractivity (Wildman–Crippen MR) is 91.7 cm³/mol. The van der Waals surface area contributed by atoms with Crippen molar-refractivity contribution in [1.82, 2.24) is 9.97 Å². The zero-order valence-corrected chi connectivity index (χ0v) is 14.2. The monoisotopic (exact) mass is 360 g/mol. The summed E-state index contributed by atoms with van der Waals surface area (Å²) in [4.78, 5) is 8.69. The van der Waals surface area contributed by atoms with Gasteiger partial charge in [-0.3, -0.25) is 4.21 Å². The SMILES string of the molecule is COc1cc2ncc(Oc3ccc(NS(=O)[O-])cc3)nc2cc1OC. The van der Waals surface area contributed by atoms with Crippen molar-refractivity contribution < 1.29 is 23.0 Å². The first kappa shape index (κ1) is 16.9. The molecule has 9 heteroatoms. The Balaban J connectivity index is 1.85. The molecule has 0 saturated carbocycles. The predicted octanol–water partition coefficient (Wildman–Crippen LogP) is 2.65. The van der Waals surface area contributed by atoms with E-state index in [1.807, 2.05) is 0 Å². The minimum Gasteiger partial charge on any atom is -0.755 e. The van der Waals surface area contributed by atoms with E-state index in [1.54, 1.807) is 50.6 Å². The molecule has 2 aromatic carbocycles. The number of ether oxygens (including phenoxy) is 3. The van der Waals surface area contributed by atoms with Crippen LogP contribution >= 0.6 is 0 Å². The highest BCUT2D eigenvalue weighted by atomic mass is 32.2. The van der Waals surface area contributed by atoms with E-state index >= 15 is 0 Å². The molecule has 25 heavy (non-hydrogen) atoms. The topological polar surface area (TPSA) is 106 Å². The van der Waals surface area contributed by atoms with Gasteiger partial charge in [0.05, 0.1) is 31.4 Å². The first-order valence-electron chi connectivity index (χ1n) is 7.11. The molecule has 8 nitrogen and oxygen atoms in total. The Labute approximate surface area is 146 Å². The van der Waals surface area contributed by atoms with Gasteiger partial charge in [-0.05, 0) is 24.3 Å². The second kappa shape index (κ2) is 7.32. The summed E-state index contributed by atoms with van der Waals surface area (Å²) in [6.07, 6.45) is 1.49. The van der Waals surface area contributed by atoms with Crippen LogP contribution < -0.4 is 18.9 Å². The van der Waals surface area contributed by atoms with Crippen molar-refractivity contribution in [2.24, 2.45) is 0 Å². The second-order valence-electron chi connectivity index (χ2n) is 4.87. The van der Waals surface area contributed by atoms with Crippen LogP contribution in [0.3, 0.4) is 0 Å². The van der Waals surface area contributed by atoms with Crippen LogP contribution in [0, 0.1) is 0 Å². The van der Waals surface area contributed by atoms with E-state index in [0.717, 1.165) is 0 Å². The Morgan fingerprint density at radius 1 is 1.04 bits per heavy atom. The van der Waals surface area contributed by atoms with Gasteiger partial charge in [0.15, 0.2) is 11.5 Å². The van der Waals surface area contributed by atoms with Gasteiger partial charge >= 0.3 is 0 Å². The van der Waals surface area contributed by atoms with Gasteiger partial charge in [0.25, 0.3) is 0 Å². The molecule has 0 amide bonds. The summed E-state index contributed by atoms with van der Waals surface area (Å²) in [6, 6.07) is 9.84. The van der Waals surface area contributed by atoms with Crippen LogP contribution in [0.25, 0.3) is 11.0 Å². The highest BCUT2D eigenvalue weighted by Crippen LogP contribution is 2.31. The van der Waals surface area contributed by atoms with E-state index in [9.17, 15) is 8.76 Å². The molecule has 0 spiro atoms. The molecule has 3 aromatic rings. The number of hydrogen-bond donors (Lipinski definition) is 1. The molecule has 1 aromatic heterocycles. The molecule has 0 aliphatic rings. The van der Waals surface area contributed by atoms with Crippen molar-refractivity contribution in [3.63, 3.8) is 0 Å². The number of rotatable bonds is 6. The Kier molecular flexibility index (Phi) is 4.96. The molecule has 0 aliphatic carbocycles. The summed E-state index contributed by atoms with van der Waals surface area (Å²) in [5, 5.41) is 0. The molecule has 3 rings (SSSR count). The van der Waals surface area contributed by atoms with Crippen LogP contribution in [-0.2, 0) is 11.3 Å². The third-order valence-electron chi connectivity index (χ3n) is 3.30. The van der Waals surface area contributed by atoms with Crippen molar-refractivity contribution in [3.05, 3.63) is 42.6 Å². The van der Waals surface area contributed by atoms with Gasteiger partial charge in [0.1, 0.15) is 5.75 Å². The molecule has 0 aliphatic heterocycles. The van der Waals surface area contributed by atoms with Crippen LogP contribution in [-0.4, -0.2) is 32.9 Å². The fraction of sp³-hybridized carbons (Fsp3) is 0.125. The van der Waals surface area contributed by atoms with Gasteiger partial charge in [0, 0.05) is 29.1 Å². The average Bonchev–Trinajstić information content (AvgIpc) is 2.61. The maximum absolute atomic E-state index is 10.6. The van der Waals surface area contributed by atoms with Crippen molar-refractivity contribution in [3.8, 4) is 23.1 Å². The number of hydrogen-bond acceptors (Lipinski definition) is 7. The first-order chi connectivity index (χ1) is 12.1. The molecular weight excluding hydrogens is 346 g/mol. The molecule has 1 heterocycles. The van der Waals surface area contributed by atoms with Crippen LogP contribution in [0.2, 0.25) is 0 Å². The molecule has 130 valence electrons. The lowest BCUT2D eigenvalue weighted by Gasteiger charge is -2.11. The molecule has 1 atom stereocenters. The number of aromatic nitrogens is 2. The lowest BCUT2D eigenvalue weighted by Crippen LogP contribution is -2.01. The van der Waals surface area contributed by atoms with E-state index in [2.05, 4.69) is 14.7 Å². The highest BCUT2D eigenvalue weighted by Gasteiger charge is 2.09. The Morgan fingerprint density at radius 3 is 2.28 bits per heavy atom. The minimum absolute atomic E-state index is 0.299. The van der Waals surface area contributed by atoms with Gasteiger partial charge in [-0.2, -0.15) is 0 Å². The summed E-state index contributed by atoms with van der Waals surface area (Å²) >= 11 is -2.37. The summed E-state index contributed by atoms with van der Waals surface area (Å²) in [7, 11) is 3.09. The molecule has 1 N–H and O–H groups in total. The lowest BCUT2D eigenvalue weighted by atomic mass is 10.2. The molecule has 0 saturated heterocycles. The molecule has 1 unspecified atom stereocenters. The average molecular weight is 360 g/mol. The molecular formula is C16H14N3O5S-. The van der Waals surface area contributed by atoms with Crippen LogP contribution in [0.5, 0.6) is 23.1 Å². The van der Waals surface area contributed by atoms with Crippen molar-refractivity contribution in [2.75, 3.05) is 18.9 Å². The number of benzene rings is 2. The zero-order chi connectivity index (χ0) is 17.8. The zero-order valence-electron chi connectivity index (χ0n) is 13.4. The molecule has 0 bridgehead atoms. The van der Waals surface area contributed by atoms with Gasteiger partial charge < -0.3 is 23.5 Å². The minimum atomic E-state index is -2.37. The van der Waals surface area contributed by atoms with Gasteiger partial charge in [-0.15, -0.1) is 0 Å². The van der Waals surface area contributed by atoms with Crippen LogP contribution in [0.15, 0.2) is 42.6 Å². The van der Waals surface area contributed by atoms with E-state index in [-0.39, 0.29) is 0 Å². The summed E-state index contributed by atoms with van der Waals surface area (Å²) < 4.78 is 39.6. The summed E-state index contributed by atoms with van der Waals surface area (Å²) in [5.74, 6) is 1.91. The van der Waals surface area contributed by atoms with Crippen molar-refractivity contribution in [2.45, 2.75) is 0 Å². The Bertz CT molecular complexity index is 918. The van der Waals surface area contributed by atoms with Gasteiger partial charge in [-0.1, -0.05) is 0 Å². The third kappa shape index (κ3) is 3.95. The standard InChI is InChI=1S/C16H15N3O5S/c1-22-14-7-12-13(8-15(14)23-2)18-16(9-17-12)24-11-5-3-10(4-6-11)19-25(20)21/h3-9,19H,1-2H3,(H,20,21)/p-1. The number of fused-ring (bicyclic) bond motifs is 1.